The molecule has 2 fully saturated rings. The lowest BCUT2D eigenvalue weighted by molar-refractivity contribution is 0.104. The molecule has 1 aliphatic carbocycles. The lowest BCUT2D eigenvalue weighted by atomic mass is 10.00. The number of hydrogen-bond acceptors (Lipinski definition) is 2. The van der Waals surface area contributed by atoms with Gasteiger partial charge in [0.2, 0.25) is 0 Å². The van der Waals surface area contributed by atoms with Crippen LogP contribution >= 0.6 is 0 Å². The number of halogens is 1. The fraction of sp³-hybridized carbons (Fsp3) is 0.667. The molecule has 1 saturated heterocycles. The van der Waals surface area contributed by atoms with Crippen molar-refractivity contribution < 1.29 is 4.39 Å². The van der Waals surface area contributed by atoms with Crippen molar-refractivity contribution in [3.63, 3.8) is 0 Å². The van der Waals surface area contributed by atoms with Crippen LogP contribution in [0.2, 0.25) is 0 Å². The fourth-order valence-corrected chi connectivity index (χ4v) is 3.60. The quantitative estimate of drug-likeness (QED) is 0.893. The Hall–Kier alpha value is -0.930. The lowest BCUT2D eigenvalue weighted by Gasteiger charge is -2.41. The molecular formula is C18H27FN2. The molecule has 1 saturated carbocycles. The number of hydrogen-bond donors (Lipinski definition) is 1. The molecule has 2 unspecified atom stereocenters. The van der Waals surface area contributed by atoms with Crippen LogP contribution in [-0.2, 0) is 6.54 Å². The number of aryl methyl sites for hydroxylation is 1. The van der Waals surface area contributed by atoms with Crippen molar-refractivity contribution in [2.45, 2.75) is 58.2 Å². The van der Waals surface area contributed by atoms with Crippen molar-refractivity contribution in [2.24, 2.45) is 5.92 Å². The van der Waals surface area contributed by atoms with Crippen molar-refractivity contribution in [3.05, 3.63) is 35.1 Å². The highest BCUT2D eigenvalue weighted by atomic mass is 19.1. The van der Waals surface area contributed by atoms with Gasteiger partial charge >= 0.3 is 0 Å². The van der Waals surface area contributed by atoms with Gasteiger partial charge in [-0.15, -0.1) is 0 Å². The Morgan fingerprint density at radius 3 is 2.86 bits per heavy atom. The summed E-state index contributed by atoms with van der Waals surface area (Å²) >= 11 is 0. The second-order valence-electron chi connectivity index (χ2n) is 6.80. The van der Waals surface area contributed by atoms with Gasteiger partial charge in [0.25, 0.3) is 0 Å². The third-order valence-corrected chi connectivity index (χ3v) is 5.03. The Bertz CT molecular complexity index is 484. The van der Waals surface area contributed by atoms with E-state index in [0.29, 0.717) is 12.1 Å². The van der Waals surface area contributed by atoms with Gasteiger partial charge in [0.05, 0.1) is 0 Å². The highest BCUT2D eigenvalue weighted by Gasteiger charge is 2.38. The molecule has 1 heterocycles. The summed E-state index contributed by atoms with van der Waals surface area (Å²) in [6, 6.07) is 6.42. The monoisotopic (exact) mass is 290 g/mol. The van der Waals surface area contributed by atoms with E-state index < -0.39 is 0 Å². The molecule has 0 bridgehead atoms. The number of nitrogens with zero attached hydrogens (tertiary/aromatic N) is 1. The van der Waals surface area contributed by atoms with Gasteiger partial charge in [0.1, 0.15) is 5.82 Å². The van der Waals surface area contributed by atoms with Gasteiger partial charge in [0.15, 0.2) is 0 Å². The maximum Gasteiger partial charge on any atom is 0.123 e. The second kappa shape index (κ2) is 6.45. The Balaban J connectivity index is 1.73. The summed E-state index contributed by atoms with van der Waals surface area (Å²) in [5.41, 5.74) is 2.36. The zero-order chi connectivity index (χ0) is 14.8. The fourth-order valence-electron chi connectivity index (χ4n) is 3.60. The minimum Gasteiger partial charge on any atom is -0.311 e. The molecule has 1 aliphatic heterocycles. The number of nitrogens with one attached hydrogen (secondary N) is 1. The molecule has 2 aliphatic rings. The summed E-state index contributed by atoms with van der Waals surface area (Å²) in [4.78, 5) is 2.61. The van der Waals surface area contributed by atoms with E-state index in [2.05, 4.69) is 24.1 Å². The van der Waals surface area contributed by atoms with E-state index in [1.165, 1.54) is 31.2 Å². The van der Waals surface area contributed by atoms with Gasteiger partial charge in [-0.05, 0) is 55.4 Å². The molecule has 21 heavy (non-hydrogen) atoms. The molecule has 1 aromatic rings. The average molecular weight is 290 g/mol. The van der Waals surface area contributed by atoms with E-state index in [-0.39, 0.29) is 5.82 Å². The predicted octanol–water partition coefficient (Wildman–Crippen LogP) is 3.49. The average Bonchev–Trinajstić information content (AvgIpc) is 3.28. The summed E-state index contributed by atoms with van der Waals surface area (Å²) in [7, 11) is 0. The van der Waals surface area contributed by atoms with Crippen LogP contribution in [0.3, 0.4) is 0 Å². The summed E-state index contributed by atoms with van der Waals surface area (Å²) in [5, 5.41) is 3.72. The van der Waals surface area contributed by atoms with Gasteiger partial charge in [-0.25, -0.2) is 4.39 Å². The van der Waals surface area contributed by atoms with Gasteiger partial charge in [-0.1, -0.05) is 19.4 Å². The van der Waals surface area contributed by atoms with Crippen LogP contribution in [0.25, 0.3) is 0 Å². The highest BCUT2D eigenvalue weighted by molar-refractivity contribution is 5.26. The van der Waals surface area contributed by atoms with E-state index in [1.54, 1.807) is 12.1 Å². The Morgan fingerprint density at radius 2 is 2.14 bits per heavy atom. The molecule has 2 nitrogen and oxygen atoms in total. The van der Waals surface area contributed by atoms with Crippen LogP contribution in [0.1, 0.15) is 43.7 Å². The normalized spacial score (nSPS) is 27.0. The van der Waals surface area contributed by atoms with Crippen molar-refractivity contribution in [1.82, 2.24) is 10.2 Å². The second-order valence-corrected chi connectivity index (χ2v) is 6.80. The first-order chi connectivity index (χ1) is 10.2. The number of benzene rings is 1. The van der Waals surface area contributed by atoms with Gasteiger partial charge in [0, 0.05) is 31.7 Å². The van der Waals surface area contributed by atoms with E-state index in [0.717, 1.165) is 31.1 Å². The third kappa shape index (κ3) is 3.64. The highest BCUT2D eigenvalue weighted by Crippen LogP contribution is 2.37. The molecule has 0 radical (unpaired) electrons. The maximum atomic E-state index is 13.5. The third-order valence-electron chi connectivity index (χ3n) is 5.03. The predicted molar refractivity (Wildman–Crippen MR) is 84.8 cm³/mol. The van der Waals surface area contributed by atoms with Crippen LogP contribution in [0.15, 0.2) is 18.2 Å². The minimum atomic E-state index is -0.112. The smallest absolute Gasteiger partial charge is 0.123 e. The Morgan fingerprint density at radius 1 is 1.33 bits per heavy atom. The summed E-state index contributed by atoms with van der Waals surface area (Å²) < 4.78 is 13.5. The summed E-state index contributed by atoms with van der Waals surface area (Å²) in [6.07, 6.45) is 5.18. The molecule has 3 heteroatoms. The molecule has 1 N–H and O–H groups in total. The maximum absolute atomic E-state index is 13.5. The molecule has 2 atom stereocenters. The number of rotatable bonds is 5. The first-order valence-electron chi connectivity index (χ1n) is 8.40. The van der Waals surface area contributed by atoms with Crippen molar-refractivity contribution in [2.75, 3.05) is 13.1 Å². The Labute approximate surface area is 127 Å². The van der Waals surface area contributed by atoms with Crippen molar-refractivity contribution >= 4 is 0 Å². The van der Waals surface area contributed by atoms with E-state index >= 15 is 0 Å². The molecular weight excluding hydrogens is 263 g/mol. The SMILES string of the molecule is CCCC1CN(Cc2cc(F)ccc2C)C(C2CC2)CN1. The first-order valence-corrected chi connectivity index (χ1v) is 8.40. The number of piperazine rings is 1. The van der Waals surface area contributed by atoms with E-state index in [4.69, 9.17) is 0 Å². The Kier molecular flexibility index (Phi) is 4.60. The largest absolute Gasteiger partial charge is 0.311 e. The van der Waals surface area contributed by atoms with Crippen molar-refractivity contribution in [3.8, 4) is 0 Å². The molecule has 0 aromatic heterocycles. The van der Waals surface area contributed by atoms with Crippen LogP contribution in [0, 0.1) is 18.7 Å². The standard InChI is InChI=1S/C18H27FN2/c1-3-4-17-12-21(18(10-20-17)14-6-7-14)11-15-9-16(19)8-5-13(15)2/h5,8-9,14,17-18,20H,3-4,6-7,10-12H2,1-2H3. The van der Waals surface area contributed by atoms with Crippen LogP contribution in [0.5, 0.6) is 0 Å². The van der Waals surface area contributed by atoms with Crippen LogP contribution in [0.4, 0.5) is 4.39 Å². The van der Waals surface area contributed by atoms with Crippen LogP contribution in [-0.4, -0.2) is 30.1 Å². The topological polar surface area (TPSA) is 15.3 Å². The summed E-state index contributed by atoms with van der Waals surface area (Å²) in [6.45, 7) is 7.43. The molecule has 116 valence electrons. The summed E-state index contributed by atoms with van der Waals surface area (Å²) in [5.74, 6) is 0.743. The van der Waals surface area contributed by atoms with Gasteiger partial charge < -0.3 is 5.32 Å². The zero-order valence-electron chi connectivity index (χ0n) is 13.2. The van der Waals surface area contributed by atoms with Crippen LogP contribution < -0.4 is 5.32 Å². The minimum absolute atomic E-state index is 0.112. The molecule has 0 amide bonds. The molecule has 0 spiro atoms. The zero-order valence-corrected chi connectivity index (χ0v) is 13.2. The van der Waals surface area contributed by atoms with E-state index in [9.17, 15) is 4.39 Å². The molecule has 1 aromatic carbocycles. The van der Waals surface area contributed by atoms with E-state index in [1.807, 2.05) is 6.07 Å². The first kappa shape index (κ1) is 15.0. The van der Waals surface area contributed by atoms with Gasteiger partial charge in [-0.2, -0.15) is 0 Å². The lowest BCUT2D eigenvalue weighted by Crippen LogP contribution is -2.56. The van der Waals surface area contributed by atoms with Crippen molar-refractivity contribution in [1.29, 1.82) is 0 Å². The van der Waals surface area contributed by atoms with Gasteiger partial charge in [-0.3, -0.25) is 4.90 Å². The molecule has 3 rings (SSSR count).